The smallest absolute Gasteiger partial charge is 0.323 e. The van der Waals surface area contributed by atoms with Gasteiger partial charge in [0, 0.05) is 0 Å². The van der Waals surface area contributed by atoms with Crippen LogP contribution in [0.3, 0.4) is 0 Å². The van der Waals surface area contributed by atoms with Crippen molar-refractivity contribution in [3.8, 4) is 0 Å². The zero-order valence-corrected chi connectivity index (χ0v) is 8.74. The van der Waals surface area contributed by atoms with Crippen molar-refractivity contribution in [3.05, 3.63) is 27.6 Å². The first kappa shape index (κ1) is 9.85. The van der Waals surface area contributed by atoms with Crippen molar-refractivity contribution < 1.29 is 9.90 Å². The fraction of sp³-hybridized carbons (Fsp3) is 0.222. The van der Waals surface area contributed by atoms with Gasteiger partial charge in [-0.25, -0.2) is 4.98 Å². The van der Waals surface area contributed by atoms with Gasteiger partial charge in [-0.2, -0.15) is 0 Å². The van der Waals surface area contributed by atoms with Crippen molar-refractivity contribution in [3.63, 3.8) is 0 Å². The SMILES string of the molecule is Cc1csc2c(=O)n(CC(=O)O)cnc12. The van der Waals surface area contributed by atoms with E-state index in [2.05, 4.69) is 4.98 Å². The third-order valence-corrected chi connectivity index (χ3v) is 3.10. The van der Waals surface area contributed by atoms with Crippen LogP contribution >= 0.6 is 11.3 Å². The molecule has 2 heterocycles. The zero-order valence-electron chi connectivity index (χ0n) is 7.93. The summed E-state index contributed by atoms with van der Waals surface area (Å²) in [5.41, 5.74) is 1.31. The number of hydrogen-bond acceptors (Lipinski definition) is 4. The first-order valence-corrected chi connectivity index (χ1v) is 5.12. The van der Waals surface area contributed by atoms with Gasteiger partial charge in [-0.05, 0) is 17.9 Å². The van der Waals surface area contributed by atoms with Gasteiger partial charge in [0.2, 0.25) is 0 Å². The molecule has 0 unspecified atom stereocenters. The van der Waals surface area contributed by atoms with Crippen molar-refractivity contribution in [2.45, 2.75) is 13.5 Å². The van der Waals surface area contributed by atoms with Crippen LogP contribution in [-0.2, 0) is 11.3 Å². The Morgan fingerprint density at radius 2 is 2.40 bits per heavy atom. The minimum absolute atomic E-state index is 0.291. The van der Waals surface area contributed by atoms with Gasteiger partial charge in [0.15, 0.2) is 0 Å². The molecule has 0 aliphatic heterocycles. The number of carbonyl (C=O) groups is 1. The number of carboxylic acid groups (broad SMARTS) is 1. The lowest BCUT2D eigenvalue weighted by Crippen LogP contribution is -2.23. The lowest BCUT2D eigenvalue weighted by molar-refractivity contribution is -0.137. The van der Waals surface area contributed by atoms with Crippen molar-refractivity contribution in [1.29, 1.82) is 0 Å². The molecule has 0 spiro atoms. The molecule has 2 rings (SSSR count). The van der Waals surface area contributed by atoms with E-state index in [-0.39, 0.29) is 12.1 Å². The number of aromatic nitrogens is 2. The molecule has 2 aromatic heterocycles. The van der Waals surface area contributed by atoms with E-state index < -0.39 is 5.97 Å². The molecule has 0 aromatic carbocycles. The largest absolute Gasteiger partial charge is 0.480 e. The minimum atomic E-state index is -1.05. The summed E-state index contributed by atoms with van der Waals surface area (Å²) in [6.45, 7) is 1.52. The molecule has 2 aromatic rings. The summed E-state index contributed by atoms with van der Waals surface area (Å²) in [5, 5.41) is 10.4. The Bertz CT molecular complexity index is 585. The topological polar surface area (TPSA) is 72.2 Å². The number of fused-ring (bicyclic) bond motifs is 1. The average molecular weight is 224 g/mol. The first-order valence-electron chi connectivity index (χ1n) is 4.24. The Morgan fingerprint density at radius 3 is 3.07 bits per heavy atom. The molecule has 1 N–H and O–H groups in total. The molecule has 5 nitrogen and oxygen atoms in total. The van der Waals surface area contributed by atoms with Crippen LogP contribution in [0, 0.1) is 6.92 Å². The van der Waals surface area contributed by atoms with Crippen LogP contribution in [0.5, 0.6) is 0 Å². The fourth-order valence-electron chi connectivity index (χ4n) is 1.32. The van der Waals surface area contributed by atoms with E-state index in [1.54, 1.807) is 0 Å². The molecular weight excluding hydrogens is 216 g/mol. The van der Waals surface area contributed by atoms with Gasteiger partial charge in [0.25, 0.3) is 5.56 Å². The van der Waals surface area contributed by atoms with Crippen LogP contribution in [0.25, 0.3) is 10.2 Å². The van der Waals surface area contributed by atoms with Crippen molar-refractivity contribution >= 4 is 27.5 Å². The third kappa shape index (κ3) is 1.63. The van der Waals surface area contributed by atoms with Crippen LogP contribution in [0.2, 0.25) is 0 Å². The molecule has 78 valence electrons. The van der Waals surface area contributed by atoms with Gasteiger partial charge in [0.1, 0.15) is 11.2 Å². The summed E-state index contributed by atoms with van der Waals surface area (Å²) in [6, 6.07) is 0. The van der Waals surface area contributed by atoms with Gasteiger partial charge in [-0.1, -0.05) is 0 Å². The molecule has 15 heavy (non-hydrogen) atoms. The quantitative estimate of drug-likeness (QED) is 0.820. The third-order valence-electron chi connectivity index (χ3n) is 2.03. The van der Waals surface area contributed by atoms with E-state index in [4.69, 9.17) is 5.11 Å². The normalized spacial score (nSPS) is 10.7. The number of rotatable bonds is 2. The summed E-state index contributed by atoms with van der Waals surface area (Å²) in [5.74, 6) is -1.05. The summed E-state index contributed by atoms with van der Waals surface area (Å²) in [6.07, 6.45) is 1.28. The lowest BCUT2D eigenvalue weighted by Gasteiger charge is -2.00. The van der Waals surface area contributed by atoms with Gasteiger partial charge < -0.3 is 5.11 Å². The average Bonchev–Trinajstić information content (AvgIpc) is 2.53. The zero-order chi connectivity index (χ0) is 11.0. The highest BCUT2D eigenvalue weighted by atomic mass is 32.1. The minimum Gasteiger partial charge on any atom is -0.480 e. The van der Waals surface area contributed by atoms with E-state index in [9.17, 15) is 9.59 Å². The highest BCUT2D eigenvalue weighted by Crippen LogP contribution is 2.19. The van der Waals surface area contributed by atoms with E-state index in [0.29, 0.717) is 10.2 Å². The number of aryl methyl sites for hydroxylation is 1. The predicted octanol–water partition coefficient (Wildman–Crippen LogP) is 0.851. The predicted molar refractivity (Wildman–Crippen MR) is 56.3 cm³/mol. The second-order valence-electron chi connectivity index (χ2n) is 3.17. The fourth-order valence-corrected chi connectivity index (χ4v) is 2.27. The highest BCUT2D eigenvalue weighted by molar-refractivity contribution is 7.17. The molecule has 0 fully saturated rings. The van der Waals surface area contributed by atoms with Crippen LogP contribution < -0.4 is 5.56 Å². The van der Waals surface area contributed by atoms with Crippen LogP contribution in [0.1, 0.15) is 5.56 Å². The number of thiophene rings is 1. The molecule has 0 radical (unpaired) electrons. The molecule has 0 amide bonds. The maximum Gasteiger partial charge on any atom is 0.323 e. The van der Waals surface area contributed by atoms with Gasteiger partial charge >= 0.3 is 5.97 Å². The maximum absolute atomic E-state index is 11.7. The monoisotopic (exact) mass is 224 g/mol. The molecule has 0 bridgehead atoms. The highest BCUT2D eigenvalue weighted by Gasteiger charge is 2.09. The van der Waals surface area contributed by atoms with Crippen LogP contribution in [0.4, 0.5) is 0 Å². The Labute approximate surface area is 88.6 Å². The van der Waals surface area contributed by atoms with Crippen molar-refractivity contribution in [2.75, 3.05) is 0 Å². The number of hydrogen-bond donors (Lipinski definition) is 1. The van der Waals surface area contributed by atoms with Gasteiger partial charge in [-0.3, -0.25) is 14.2 Å². The van der Waals surface area contributed by atoms with E-state index in [1.807, 2.05) is 12.3 Å². The lowest BCUT2D eigenvalue weighted by atomic mass is 10.3. The Balaban J connectivity index is 2.66. The van der Waals surface area contributed by atoms with Crippen molar-refractivity contribution in [2.24, 2.45) is 0 Å². The number of aliphatic carboxylic acids is 1. The first-order chi connectivity index (χ1) is 7.09. The molecule has 0 atom stereocenters. The summed E-state index contributed by atoms with van der Waals surface area (Å²) in [4.78, 5) is 26.3. The van der Waals surface area contributed by atoms with E-state index in [0.717, 1.165) is 10.1 Å². The van der Waals surface area contributed by atoms with E-state index >= 15 is 0 Å². The molecule has 6 heteroatoms. The maximum atomic E-state index is 11.7. The Kier molecular flexibility index (Phi) is 2.28. The van der Waals surface area contributed by atoms with Crippen molar-refractivity contribution in [1.82, 2.24) is 9.55 Å². The van der Waals surface area contributed by atoms with E-state index in [1.165, 1.54) is 17.7 Å². The number of carboxylic acids is 1. The second-order valence-corrected chi connectivity index (χ2v) is 4.05. The van der Waals surface area contributed by atoms with Crippen LogP contribution in [0.15, 0.2) is 16.5 Å². The summed E-state index contributed by atoms with van der Waals surface area (Å²) in [7, 11) is 0. The van der Waals surface area contributed by atoms with Gasteiger partial charge in [0.05, 0.1) is 11.8 Å². The summed E-state index contributed by atoms with van der Waals surface area (Å²) >= 11 is 1.29. The molecular formula is C9H8N2O3S. The molecule has 0 saturated carbocycles. The molecule has 0 aliphatic rings. The molecule has 0 saturated heterocycles. The van der Waals surface area contributed by atoms with Crippen LogP contribution in [-0.4, -0.2) is 20.6 Å². The second kappa shape index (κ2) is 3.47. The summed E-state index contributed by atoms with van der Waals surface area (Å²) < 4.78 is 1.61. The Morgan fingerprint density at radius 1 is 1.67 bits per heavy atom. The van der Waals surface area contributed by atoms with Gasteiger partial charge in [-0.15, -0.1) is 11.3 Å². The Hall–Kier alpha value is -1.69. The molecule has 0 aliphatic carbocycles. The standard InChI is InChI=1S/C9H8N2O3S/c1-5-3-15-8-7(5)10-4-11(9(8)14)2-6(12)13/h3-4H,2H2,1H3,(H,12,13). The number of nitrogens with zero attached hydrogens (tertiary/aromatic N) is 2.